The van der Waals surface area contributed by atoms with Gasteiger partial charge in [-0.05, 0) is 19.1 Å². The van der Waals surface area contributed by atoms with Gasteiger partial charge in [-0.3, -0.25) is 5.10 Å². The summed E-state index contributed by atoms with van der Waals surface area (Å²) in [6, 6.07) is 6.30. The number of aromatic nitrogens is 2. The van der Waals surface area contributed by atoms with Crippen molar-refractivity contribution in [2.45, 2.75) is 6.92 Å². The molecule has 0 saturated carbocycles. The van der Waals surface area contributed by atoms with Crippen molar-refractivity contribution in [1.29, 1.82) is 5.26 Å². The van der Waals surface area contributed by atoms with Crippen molar-refractivity contribution in [3.05, 3.63) is 23.8 Å². The molecule has 92 valence electrons. The normalized spacial score (nSPS) is 16.0. The molecule has 0 radical (unpaired) electrons. The summed E-state index contributed by atoms with van der Waals surface area (Å²) in [5.74, 6) is 1.01. The number of nitrogens with one attached hydrogen (secondary N) is 1. The van der Waals surface area contributed by atoms with E-state index in [1.54, 1.807) is 4.90 Å². The van der Waals surface area contributed by atoms with Crippen molar-refractivity contribution >= 4 is 16.7 Å². The molecule has 3 rings (SSSR count). The summed E-state index contributed by atoms with van der Waals surface area (Å²) in [6.45, 7) is 5.33. The molecule has 0 amide bonds. The first kappa shape index (κ1) is 10.9. The minimum atomic E-state index is 0.774. The Morgan fingerprint density at radius 3 is 2.78 bits per heavy atom. The van der Waals surface area contributed by atoms with Gasteiger partial charge in [0.15, 0.2) is 12.0 Å². The third kappa shape index (κ3) is 1.76. The first-order chi connectivity index (χ1) is 8.78. The summed E-state index contributed by atoms with van der Waals surface area (Å²) < 4.78 is 0. The summed E-state index contributed by atoms with van der Waals surface area (Å²) in [6.07, 6.45) is 2.19. The lowest BCUT2D eigenvalue weighted by molar-refractivity contribution is 0.362. The van der Waals surface area contributed by atoms with Crippen LogP contribution in [-0.4, -0.2) is 41.3 Å². The molecule has 0 bridgehead atoms. The van der Waals surface area contributed by atoms with E-state index >= 15 is 0 Å². The number of rotatable bonds is 1. The van der Waals surface area contributed by atoms with Gasteiger partial charge in [0.2, 0.25) is 0 Å². The fraction of sp³-hybridized carbons (Fsp3) is 0.385. The zero-order chi connectivity index (χ0) is 12.5. The van der Waals surface area contributed by atoms with Gasteiger partial charge in [-0.2, -0.15) is 10.4 Å². The Balaban J connectivity index is 1.91. The largest absolute Gasteiger partial charge is 0.351 e. The standard InChI is InChI=1S/C13H15N5/c1-10-2-3-12-11(8-10)13(16-15-12)18-6-4-17(9-14)5-7-18/h2-3,8H,4-7H2,1H3,(H,15,16). The molecule has 2 aromatic rings. The third-order valence-corrected chi connectivity index (χ3v) is 3.42. The highest BCUT2D eigenvalue weighted by Gasteiger charge is 2.19. The van der Waals surface area contributed by atoms with Crippen LogP contribution in [0.3, 0.4) is 0 Å². The molecule has 0 spiro atoms. The van der Waals surface area contributed by atoms with Crippen molar-refractivity contribution in [2.24, 2.45) is 0 Å². The monoisotopic (exact) mass is 241 g/mol. The fourth-order valence-electron chi connectivity index (χ4n) is 2.37. The van der Waals surface area contributed by atoms with E-state index in [0.717, 1.165) is 37.5 Å². The van der Waals surface area contributed by atoms with Gasteiger partial charge in [-0.1, -0.05) is 11.6 Å². The summed E-state index contributed by atoms with van der Waals surface area (Å²) >= 11 is 0. The van der Waals surface area contributed by atoms with Gasteiger partial charge in [0, 0.05) is 31.6 Å². The Hall–Kier alpha value is -2.22. The maximum absolute atomic E-state index is 8.85. The first-order valence-electron chi connectivity index (χ1n) is 6.12. The summed E-state index contributed by atoms with van der Waals surface area (Å²) in [4.78, 5) is 4.03. The molecule has 1 saturated heterocycles. The molecule has 1 aromatic carbocycles. The van der Waals surface area contributed by atoms with Gasteiger partial charge in [0.05, 0.1) is 5.52 Å². The Kier molecular flexibility index (Phi) is 2.56. The molecule has 0 aliphatic carbocycles. The number of aromatic amines is 1. The van der Waals surface area contributed by atoms with Crippen LogP contribution in [0.4, 0.5) is 5.82 Å². The van der Waals surface area contributed by atoms with Gasteiger partial charge in [-0.15, -0.1) is 0 Å². The highest BCUT2D eigenvalue weighted by Crippen LogP contribution is 2.25. The molecular formula is C13H15N5. The molecule has 5 nitrogen and oxygen atoms in total. The van der Waals surface area contributed by atoms with Gasteiger partial charge in [0.25, 0.3) is 0 Å². The van der Waals surface area contributed by atoms with E-state index < -0.39 is 0 Å². The second kappa shape index (κ2) is 4.22. The lowest BCUT2D eigenvalue weighted by Crippen LogP contribution is -2.44. The number of hydrogen-bond donors (Lipinski definition) is 1. The number of benzene rings is 1. The van der Waals surface area contributed by atoms with Crippen LogP contribution in [0.2, 0.25) is 0 Å². The molecule has 0 atom stereocenters. The second-order valence-electron chi connectivity index (χ2n) is 4.67. The molecule has 2 heterocycles. The molecule has 1 aliphatic heterocycles. The van der Waals surface area contributed by atoms with Gasteiger partial charge in [0.1, 0.15) is 0 Å². The zero-order valence-electron chi connectivity index (χ0n) is 10.3. The van der Waals surface area contributed by atoms with E-state index in [4.69, 9.17) is 5.26 Å². The Morgan fingerprint density at radius 2 is 2.06 bits per heavy atom. The Bertz CT molecular complexity index is 601. The van der Waals surface area contributed by atoms with Crippen LogP contribution in [0.1, 0.15) is 5.56 Å². The summed E-state index contributed by atoms with van der Waals surface area (Å²) in [5, 5.41) is 17.5. The quantitative estimate of drug-likeness (QED) is 0.768. The fourth-order valence-corrected chi connectivity index (χ4v) is 2.37. The number of fused-ring (bicyclic) bond motifs is 1. The maximum Gasteiger partial charge on any atom is 0.179 e. The second-order valence-corrected chi connectivity index (χ2v) is 4.67. The minimum absolute atomic E-state index is 0.774. The van der Waals surface area contributed by atoms with Gasteiger partial charge in [-0.25, -0.2) is 0 Å². The number of H-pyrrole nitrogens is 1. The number of anilines is 1. The van der Waals surface area contributed by atoms with Gasteiger partial charge >= 0.3 is 0 Å². The van der Waals surface area contributed by atoms with Gasteiger partial charge < -0.3 is 9.80 Å². The predicted molar refractivity (Wildman–Crippen MR) is 70.2 cm³/mol. The molecule has 1 aromatic heterocycles. The molecule has 0 unspecified atom stereocenters. The lowest BCUT2D eigenvalue weighted by atomic mass is 10.1. The van der Waals surface area contributed by atoms with E-state index in [1.165, 1.54) is 10.9 Å². The maximum atomic E-state index is 8.85. The van der Waals surface area contributed by atoms with E-state index in [-0.39, 0.29) is 0 Å². The summed E-state index contributed by atoms with van der Waals surface area (Å²) in [7, 11) is 0. The molecule has 18 heavy (non-hydrogen) atoms. The van der Waals surface area contributed by atoms with Crippen molar-refractivity contribution in [3.63, 3.8) is 0 Å². The average molecular weight is 241 g/mol. The van der Waals surface area contributed by atoms with E-state index in [1.807, 2.05) is 0 Å². The van der Waals surface area contributed by atoms with Crippen LogP contribution < -0.4 is 4.90 Å². The summed E-state index contributed by atoms with van der Waals surface area (Å²) in [5.41, 5.74) is 2.30. The highest BCUT2D eigenvalue weighted by atomic mass is 15.3. The van der Waals surface area contributed by atoms with E-state index in [9.17, 15) is 0 Å². The number of hydrogen-bond acceptors (Lipinski definition) is 4. The number of aryl methyl sites for hydroxylation is 1. The zero-order valence-corrected chi connectivity index (χ0v) is 10.3. The van der Waals surface area contributed by atoms with Crippen molar-refractivity contribution in [3.8, 4) is 6.19 Å². The Morgan fingerprint density at radius 1 is 1.28 bits per heavy atom. The number of nitriles is 1. The van der Waals surface area contributed by atoms with Crippen molar-refractivity contribution < 1.29 is 0 Å². The van der Waals surface area contributed by atoms with Crippen molar-refractivity contribution in [1.82, 2.24) is 15.1 Å². The van der Waals surface area contributed by atoms with Crippen LogP contribution >= 0.6 is 0 Å². The molecule has 1 N–H and O–H groups in total. The van der Waals surface area contributed by atoms with Crippen LogP contribution in [0, 0.1) is 18.4 Å². The molecule has 5 heteroatoms. The first-order valence-corrected chi connectivity index (χ1v) is 6.12. The van der Waals surface area contributed by atoms with Crippen LogP contribution in [0.25, 0.3) is 10.9 Å². The third-order valence-electron chi connectivity index (χ3n) is 3.42. The van der Waals surface area contributed by atoms with E-state index in [0.29, 0.717) is 0 Å². The SMILES string of the molecule is Cc1ccc2[nH]nc(N3CCN(C#N)CC3)c2c1. The molecular weight excluding hydrogens is 226 g/mol. The number of piperazine rings is 1. The number of nitrogens with zero attached hydrogens (tertiary/aromatic N) is 4. The van der Waals surface area contributed by atoms with Crippen LogP contribution in [-0.2, 0) is 0 Å². The minimum Gasteiger partial charge on any atom is -0.351 e. The lowest BCUT2D eigenvalue weighted by Gasteiger charge is -2.31. The predicted octanol–water partition coefficient (Wildman–Crippen LogP) is 1.47. The van der Waals surface area contributed by atoms with Crippen LogP contribution in [0.15, 0.2) is 18.2 Å². The smallest absolute Gasteiger partial charge is 0.179 e. The molecule has 1 fully saturated rings. The van der Waals surface area contributed by atoms with Crippen molar-refractivity contribution in [2.75, 3.05) is 31.1 Å². The van der Waals surface area contributed by atoms with E-state index in [2.05, 4.69) is 46.4 Å². The molecule has 1 aliphatic rings. The Labute approximate surface area is 106 Å². The van der Waals surface area contributed by atoms with Crippen LogP contribution in [0.5, 0.6) is 0 Å². The highest BCUT2D eigenvalue weighted by molar-refractivity contribution is 5.90. The average Bonchev–Trinajstić information content (AvgIpc) is 2.82. The topological polar surface area (TPSA) is 59.0 Å².